The van der Waals surface area contributed by atoms with E-state index in [2.05, 4.69) is 5.10 Å². The fourth-order valence-electron chi connectivity index (χ4n) is 1.98. The first kappa shape index (κ1) is 16.2. The minimum absolute atomic E-state index is 0.121. The number of ether oxygens (including phenoxy) is 1. The zero-order valence-corrected chi connectivity index (χ0v) is 12.6. The summed E-state index contributed by atoms with van der Waals surface area (Å²) in [6.07, 6.45) is 0. The molecule has 8 heteroatoms. The number of rotatable bonds is 4. The van der Waals surface area contributed by atoms with Crippen molar-refractivity contribution in [2.75, 3.05) is 6.61 Å². The van der Waals surface area contributed by atoms with E-state index in [-0.39, 0.29) is 18.8 Å². The van der Waals surface area contributed by atoms with Gasteiger partial charge in [-0.2, -0.15) is 9.94 Å². The summed E-state index contributed by atoms with van der Waals surface area (Å²) < 4.78 is 6.75. The van der Waals surface area contributed by atoms with Crippen molar-refractivity contribution in [2.45, 2.75) is 20.4 Å². The minimum atomic E-state index is -0.723. The molecule has 1 heterocycles. The first-order valence-corrected chi connectivity index (χ1v) is 6.95. The molecule has 0 aliphatic carbocycles. The van der Waals surface area contributed by atoms with Crippen LogP contribution < -0.4 is 11.2 Å². The lowest BCUT2D eigenvalue weighted by Gasteiger charge is -2.08. The Morgan fingerprint density at radius 1 is 1.26 bits per heavy atom. The zero-order chi connectivity index (χ0) is 17.0. The summed E-state index contributed by atoms with van der Waals surface area (Å²) in [5.41, 5.74) is -1.09. The van der Waals surface area contributed by atoms with Gasteiger partial charge in [-0.3, -0.25) is 9.36 Å². The molecule has 0 aliphatic rings. The van der Waals surface area contributed by atoms with E-state index in [1.54, 1.807) is 19.9 Å². The predicted molar refractivity (Wildman–Crippen MR) is 80.4 cm³/mol. The molecule has 0 unspecified atom stereocenters. The summed E-state index contributed by atoms with van der Waals surface area (Å²) in [5, 5.41) is 12.7. The zero-order valence-electron chi connectivity index (χ0n) is 12.6. The summed E-state index contributed by atoms with van der Waals surface area (Å²) in [5.74, 6) is -0.476. The molecule has 0 saturated carbocycles. The number of hydrogen-bond acceptors (Lipinski definition) is 6. The van der Waals surface area contributed by atoms with Crippen LogP contribution in [0.5, 0.6) is 0 Å². The lowest BCUT2D eigenvalue weighted by Crippen LogP contribution is -2.42. The molecule has 2 aromatic rings. The molecule has 118 valence electrons. The Bertz CT molecular complexity index is 888. The first-order chi connectivity index (χ1) is 11.0. The van der Waals surface area contributed by atoms with Crippen LogP contribution in [0.4, 0.5) is 0 Å². The maximum atomic E-state index is 12.3. The second kappa shape index (κ2) is 6.70. The van der Waals surface area contributed by atoms with E-state index >= 15 is 0 Å². The van der Waals surface area contributed by atoms with Crippen molar-refractivity contribution in [3.63, 3.8) is 0 Å². The third-order valence-corrected chi connectivity index (χ3v) is 3.10. The van der Waals surface area contributed by atoms with Gasteiger partial charge in [-0.1, -0.05) is 0 Å². The van der Waals surface area contributed by atoms with Crippen LogP contribution in [-0.4, -0.2) is 26.9 Å². The monoisotopic (exact) mass is 314 g/mol. The quantitative estimate of drug-likeness (QED) is 0.759. The molecule has 0 atom stereocenters. The predicted octanol–water partition coefficient (Wildman–Crippen LogP) is 0.462. The Balaban J connectivity index is 2.55. The highest BCUT2D eigenvalue weighted by molar-refractivity contribution is 5.89. The molecule has 2 rings (SSSR count). The molecule has 0 N–H and O–H groups in total. The highest BCUT2D eigenvalue weighted by Gasteiger charge is 2.14. The van der Waals surface area contributed by atoms with Crippen molar-refractivity contribution in [1.82, 2.24) is 14.3 Å². The van der Waals surface area contributed by atoms with Gasteiger partial charge in [0.1, 0.15) is 6.07 Å². The Labute approximate surface area is 131 Å². The molecule has 0 radical (unpaired) electrons. The van der Waals surface area contributed by atoms with Gasteiger partial charge in [0.25, 0.3) is 5.56 Å². The van der Waals surface area contributed by atoms with Crippen LogP contribution in [0.1, 0.15) is 29.9 Å². The van der Waals surface area contributed by atoms with Gasteiger partial charge in [-0.15, -0.1) is 5.10 Å². The molecule has 0 bridgehead atoms. The highest BCUT2D eigenvalue weighted by Crippen LogP contribution is 2.08. The lowest BCUT2D eigenvalue weighted by atomic mass is 10.2. The normalized spacial score (nSPS) is 10.1. The van der Waals surface area contributed by atoms with E-state index in [4.69, 9.17) is 10.00 Å². The van der Waals surface area contributed by atoms with Crippen LogP contribution in [0.15, 0.2) is 33.9 Å². The number of carbonyl (C=O) groups excluding carboxylic acids is 1. The van der Waals surface area contributed by atoms with Crippen molar-refractivity contribution in [1.29, 1.82) is 5.26 Å². The van der Waals surface area contributed by atoms with Gasteiger partial charge in [-0.25, -0.2) is 9.59 Å². The number of aromatic nitrogens is 3. The summed E-state index contributed by atoms with van der Waals surface area (Å²) in [7, 11) is 0. The van der Waals surface area contributed by atoms with Crippen molar-refractivity contribution in [2.24, 2.45) is 0 Å². The fourth-order valence-corrected chi connectivity index (χ4v) is 1.98. The van der Waals surface area contributed by atoms with Gasteiger partial charge < -0.3 is 4.74 Å². The molecular formula is C15H14N4O4. The minimum Gasteiger partial charge on any atom is -0.462 e. The fraction of sp³-hybridized carbons (Fsp3) is 0.267. The van der Waals surface area contributed by atoms with Gasteiger partial charge in [-0.05, 0) is 38.1 Å². The largest absolute Gasteiger partial charge is 0.462 e. The van der Waals surface area contributed by atoms with Crippen molar-refractivity contribution in [3.05, 3.63) is 56.4 Å². The Morgan fingerprint density at radius 2 is 1.91 bits per heavy atom. The topological polar surface area (TPSA) is 107 Å². The second-order valence-electron chi connectivity index (χ2n) is 4.47. The maximum absolute atomic E-state index is 12.3. The second-order valence-corrected chi connectivity index (χ2v) is 4.47. The standard InChI is InChI=1S/C15H14N4O4/c1-3-18-13(20)12(9-16)17-19(15(18)22)11-7-5-10(6-8-11)14(21)23-4-2/h5-8H,3-4H2,1-2H3. The number of esters is 1. The first-order valence-electron chi connectivity index (χ1n) is 6.95. The molecule has 8 nitrogen and oxygen atoms in total. The van der Waals surface area contributed by atoms with Gasteiger partial charge >= 0.3 is 11.7 Å². The van der Waals surface area contributed by atoms with E-state index in [9.17, 15) is 14.4 Å². The third-order valence-electron chi connectivity index (χ3n) is 3.10. The average Bonchev–Trinajstić information content (AvgIpc) is 2.56. The smallest absolute Gasteiger partial charge is 0.352 e. The van der Waals surface area contributed by atoms with Crippen LogP contribution >= 0.6 is 0 Å². The lowest BCUT2D eigenvalue weighted by molar-refractivity contribution is 0.0526. The van der Waals surface area contributed by atoms with E-state index < -0.39 is 17.2 Å². The molecule has 0 amide bonds. The molecule has 0 spiro atoms. The summed E-state index contributed by atoms with van der Waals surface area (Å²) in [6.45, 7) is 3.70. The van der Waals surface area contributed by atoms with E-state index in [1.165, 1.54) is 24.3 Å². The summed E-state index contributed by atoms with van der Waals surface area (Å²) in [6, 6.07) is 7.62. The van der Waals surface area contributed by atoms with Crippen LogP contribution in [0.25, 0.3) is 5.69 Å². The molecule has 1 aromatic heterocycles. The van der Waals surface area contributed by atoms with Crippen LogP contribution in [-0.2, 0) is 11.3 Å². The average molecular weight is 314 g/mol. The van der Waals surface area contributed by atoms with Gasteiger partial charge in [0.05, 0.1) is 17.9 Å². The Morgan fingerprint density at radius 3 is 2.43 bits per heavy atom. The van der Waals surface area contributed by atoms with Crippen LogP contribution in [0, 0.1) is 11.3 Å². The van der Waals surface area contributed by atoms with Crippen molar-refractivity contribution in [3.8, 4) is 11.8 Å². The van der Waals surface area contributed by atoms with Gasteiger partial charge in [0.2, 0.25) is 5.69 Å². The number of benzene rings is 1. The van der Waals surface area contributed by atoms with Crippen LogP contribution in [0.3, 0.4) is 0 Å². The number of carbonyl (C=O) groups is 1. The molecule has 1 aromatic carbocycles. The third kappa shape index (κ3) is 3.03. The number of nitrogens with zero attached hydrogens (tertiary/aromatic N) is 4. The summed E-state index contributed by atoms with van der Waals surface area (Å²) in [4.78, 5) is 35.7. The number of nitriles is 1. The van der Waals surface area contributed by atoms with Gasteiger partial charge in [0.15, 0.2) is 0 Å². The van der Waals surface area contributed by atoms with E-state index in [1.807, 2.05) is 0 Å². The van der Waals surface area contributed by atoms with E-state index in [0.717, 1.165) is 9.25 Å². The Kier molecular flexibility index (Phi) is 4.71. The van der Waals surface area contributed by atoms with Crippen molar-refractivity contribution < 1.29 is 9.53 Å². The summed E-state index contributed by atoms with van der Waals surface area (Å²) >= 11 is 0. The molecular weight excluding hydrogens is 300 g/mol. The number of hydrogen-bond donors (Lipinski definition) is 0. The SMILES string of the molecule is CCOC(=O)c1ccc(-n2nc(C#N)c(=O)n(CC)c2=O)cc1. The van der Waals surface area contributed by atoms with E-state index in [0.29, 0.717) is 11.3 Å². The maximum Gasteiger partial charge on any atom is 0.352 e. The molecule has 0 fully saturated rings. The molecule has 23 heavy (non-hydrogen) atoms. The molecule has 0 saturated heterocycles. The molecule has 0 aliphatic heterocycles. The van der Waals surface area contributed by atoms with Crippen LogP contribution in [0.2, 0.25) is 0 Å². The Hall–Kier alpha value is -3.21. The van der Waals surface area contributed by atoms with Gasteiger partial charge in [0, 0.05) is 6.54 Å². The highest BCUT2D eigenvalue weighted by atomic mass is 16.5. The van der Waals surface area contributed by atoms with Crippen molar-refractivity contribution >= 4 is 5.97 Å².